The number of hydrogen-bond acceptors (Lipinski definition) is 6. The summed E-state index contributed by atoms with van der Waals surface area (Å²) in [5.74, 6) is 1.56. The minimum Gasteiger partial charge on any atom is -0.506 e. The summed E-state index contributed by atoms with van der Waals surface area (Å²) in [6.07, 6.45) is 2.84. The lowest BCUT2D eigenvalue weighted by atomic mass is 10.0. The van der Waals surface area contributed by atoms with Gasteiger partial charge in [-0.2, -0.15) is 0 Å². The Morgan fingerprint density at radius 1 is 0.940 bits per heavy atom. The Labute approximate surface area is 294 Å². The third-order valence-electron chi connectivity index (χ3n) is 9.94. The second-order valence-corrected chi connectivity index (χ2v) is 18.5. The van der Waals surface area contributed by atoms with E-state index in [0.29, 0.717) is 41.6 Å². The van der Waals surface area contributed by atoms with Gasteiger partial charge in [0.05, 0.1) is 35.9 Å². The molecule has 0 bridgehead atoms. The molecule has 1 N–H and O–H groups in total. The fourth-order valence-corrected chi connectivity index (χ4v) is 12.1. The summed E-state index contributed by atoms with van der Waals surface area (Å²) in [5.41, 5.74) is 3.51. The zero-order chi connectivity index (χ0) is 35.0. The number of carbonyl (C=O) groups is 1. The quantitative estimate of drug-likeness (QED) is 0.103. The molecule has 7 rings (SSSR count). The smallest absolute Gasteiger partial charge is 0.338 e. The lowest BCUT2D eigenvalue weighted by molar-refractivity contribution is 0.0526. The highest BCUT2D eigenvalue weighted by Gasteiger charge is 2.50. The molecule has 0 unspecified atom stereocenters. The third-order valence-corrected chi connectivity index (χ3v) is 15.0. The molecule has 6 aromatic rings. The molecule has 0 saturated heterocycles. The Kier molecular flexibility index (Phi) is 9.09. The molecule has 1 aliphatic rings. The number of aromatic nitrogens is 1. The molecule has 8 heteroatoms. The topological polar surface area (TPSA) is 83.1 Å². The van der Waals surface area contributed by atoms with Crippen LogP contribution in [0.4, 0.5) is 0 Å². The Balaban J connectivity index is 1.40. The van der Waals surface area contributed by atoms with E-state index in [2.05, 4.69) is 92.1 Å². The summed E-state index contributed by atoms with van der Waals surface area (Å²) >= 11 is 0. The number of benzene rings is 4. The number of phenolic OH excluding ortho intramolecular Hbond substituents is 1. The summed E-state index contributed by atoms with van der Waals surface area (Å²) in [6.45, 7) is 10.1. The van der Waals surface area contributed by atoms with Gasteiger partial charge in [-0.3, -0.25) is 0 Å². The van der Waals surface area contributed by atoms with Crippen LogP contribution in [0.3, 0.4) is 0 Å². The molecule has 7 nitrogen and oxygen atoms in total. The zero-order valence-electron chi connectivity index (χ0n) is 29.5. The average Bonchev–Trinajstić information content (AvgIpc) is 3.75. The van der Waals surface area contributed by atoms with Crippen LogP contribution in [0.25, 0.3) is 33.3 Å². The first-order valence-corrected chi connectivity index (χ1v) is 19.4. The van der Waals surface area contributed by atoms with Crippen molar-refractivity contribution in [3.05, 3.63) is 108 Å². The molecule has 0 spiro atoms. The van der Waals surface area contributed by atoms with E-state index in [1.165, 1.54) is 10.4 Å². The van der Waals surface area contributed by atoms with Gasteiger partial charge in [0, 0.05) is 24.1 Å². The van der Waals surface area contributed by atoms with Crippen molar-refractivity contribution < 1.29 is 28.2 Å². The molecular weight excluding hydrogens is 643 g/mol. The van der Waals surface area contributed by atoms with E-state index in [1.54, 1.807) is 32.2 Å². The Morgan fingerprint density at radius 3 is 2.22 bits per heavy atom. The molecule has 0 amide bonds. The molecular formula is C42H45NO6Si. The first-order valence-electron chi connectivity index (χ1n) is 17.5. The SMILES string of the molecule is CCOC(=O)c1cc(OC)c2c(CCO[Si](c3ccccc3)(c3ccccc3)C(C)(C)C)c(-c3cc4cccc(O)c4n3CC3CC3)oc2c1. The van der Waals surface area contributed by atoms with E-state index in [-0.39, 0.29) is 17.4 Å². The van der Waals surface area contributed by atoms with Crippen LogP contribution in [-0.4, -0.2) is 44.3 Å². The maximum Gasteiger partial charge on any atom is 0.338 e. The van der Waals surface area contributed by atoms with Gasteiger partial charge in [-0.05, 0) is 71.8 Å². The van der Waals surface area contributed by atoms with Crippen molar-refractivity contribution in [2.45, 2.75) is 58.5 Å². The lowest BCUT2D eigenvalue weighted by Crippen LogP contribution is -2.66. The van der Waals surface area contributed by atoms with Crippen LogP contribution < -0.4 is 15.1 Å². The normalized spacial score (nSPS) is 13.6. The molecule has 2 heterocycles. The second kappa shape index (κ2) is 13.5. The van der Waals surface area contributed by atoms with E-state index in [4.69, 9.17) is 18.3 Å². The number of nitrogens with zero attached hydrogens (tertiary/aromatic N) is 1. The van der Waals surface area contributed by atoms with E-state index in [1.807, 2.05) is 12.1 Å². The second-order valence-electron chi connectivity index (χ2n) is 14.2. The summed E-state index contributed by atoms with van der Waals surface area (Å²) in [6, 6.07) is 32.5. The van der Waals surface area contributed by atoms with Gasteiger partial charge in [-0.15, -0.1) is 0 Å². The van der Waals surface area contributed by atoms with Crippen LogP contribution in [0.1, 0.15) is 56.5 Å². The van der Waals surface area contributed by atoms with Crippen LogP contribution in [0, 0.1) is 5.92 Å². The summed E-state index contributed by atoms with van der Waals surface area (Å²) in [4.78, 5) is 12.9. The van der Waals surface area contributed by atoms with Gasteiger partial charge in [0.2, 0.25) is 0 Å². The van der Waals surface area contributed by atoms with Crippen LogP contribution in [-0.2, 0) is 22.1 Å². The van der Waals surface area contributed by atoms with Gasteiger partial charge in [0.1, 0.15) is 17.1 Å². The number of aromatic hydroxyl groups is 1. The molecule has 1 saturated carbocycles. The number of esters is 1. The maximum absolute atomic E-state index is 12.9. The van der Waals surface area contributed by atoms with Crippen molar-refractivity contribution in [3.8, 4) is 23.0 Å². The van der Waals surface area contributed by atoms with Gasteiger partial charge in [0.15, 0.2) is 5.76 Å². The molecule has 1 fully saturated rings. The molecule has 2 aromatic heterocycles. The summed E-state index contributed by atoms with van der Waals surface area (Å²) < 4.78 is 27.7. The van der Waals surface area contributed by atoms with Crippen molar-refractivity contribution in [1.29, 1.82) is 0 Å². The van der Waals surface area contributed by atoms with Crippen molar-refractivity contribution in [2.24, 2.45) is 5.92 Å². The molecule has 4 aromatic carbocycles. The van der Waals surface area contributed by atoms with E-state index >= 15 is 0 Å². The van der Waals surface area contributed by atoms with Gasteiger partial charge in [-0.1, -0.05) is 93.6 Å². The van der Waals surface area contributed by atoms with Gasteiger partial charge in [-0.25, -0.2) is 4.79 Å². The van der Waals surface area contributed by atoms with Crippen molar-refractivity contribution in [1.82, 2.24) is 4.57 Å². The molecule has 1 aliphatic carbocycles. The largest absolute Gasteiger partial charge is 0.506 e. The van der Waals surface area contributed by atoms with Crippen molar-refractivity contribution >= 4 is 46.5 Å². The van der Waals surface area contributed by atoms with E-state index in [9.17, 15) is 9.90 Å². The molecule has 0 aliphatic heterocycles. The standard InChI is InChI=1S/C42H45NO6Si/c1-6-47-41(45)30-25-36(46-5)38-33(22-23-48-50(42(2,3)4,31-15-9-7-10-16-31)32-17-11-8-12-18-32)40(49-37(38)26-30)34-24-29-14-13-19-35(44)39(29)43(34)27-28-20-21-28/h7-19,24-26,28,44H,6,20-23,27H2,1-5H3. The average molecular weight is 688 g/mol. The number of para-hydroxylation sites is 1. The van der Waals surface area contributed by atoms with Gasteiger partial charge in [0.25, 0.3) is 8.32 Å². The Bertz CT molecular complexity index is 2100. The van der Waals surface area contributed by atoms with Crippen LogP contribution >= 0.6 is 0 Å². The summed E-state index contributed by atoms with van der Waals surface area (Å²) in [5, 5.41) is 15.1. The number of carbonyl (C=O) groups excluding carboxylic acids is 1. The summed E-state index contributed by atoms with van der Waals surface area (Å²) in [7, 11) is -1.21. The minimum absolute atomic E-state index is 0.183. The number of furan rings is 1. The monoisotopic (exact) mass is 687 g/mol. The highest BCUT2D eigenvalue weighted by Crippen LogP contribution is 2.45. The van der Waals surface area contributed by atoms with Crippen LogP contribution in [0.15, 0.2) is 101 Å². The Hall–Kier alpha value is -4.79. The van der Waals surface area contributed by atoms with E-state index < -0.39 is 14.3 Å². The highest BCUT2D eigenvalue weighted by molar-refractivity contribution is 6.99. The maximum atomic E-state index is 12.9. The first kappa shape index (κ1) is 33.7. The van der Waals surface area contributed by atoms with Gasteiger partial charge >= 0.3 is 5.97 Å². The van der Waals surface area contributed by atoms with Crippen molar-refractivity contribution in [3.63, 3.8) is 0 Å². The predicted octanol–water partition coefficient (Wildman–Crippen LogP) is 8.47. The number of phenols is 1. The number of ether oxygens (including phenoxy) is 2. The van der Waals surface area contributed by atoms with Crippen molar-refractivity contribution in [2.75, 3.05) is 20.3 Å². The fraction of sp³-hybridized carbons (Fsp3) is 0.310. The number of hydrogen-bond donors (Lipinski definition) is 1. The molecule has 258 valence electrons. The minimum atomic E-state index is -2.82. The van der Waals surface area contributed by atoms with E-state index in [0.717, 1.165) is 46.9 Å². The zero-order valence-corrected chi connectivity index (χ0v) is 30.5. The lowest BCUT2D eigenvalue weighted by Gasteiger charge is -2.43. The van der Waals surface area contributed by atoms with Gasteiger partial charge < -0.3 is 28.0 Å². The number of methoxy groups -OCH3 is 1. The molecule has 50 heavy (non-hydrogen) atoms. The van der Waals surface area contributed by atoms with Crippen LogP contribution in [0.5, 0.6) is 11.5 Å². The number of rotatable bonds is 12. The van der Waals surface area contributed by atoms with Crippen LogP contribution in [0.2, 0.25) is 5.04 Å². The highest BCUT2D eigenvalue weighted by atomic mass is 28.4. The molecule has 0 atom stereocenters. The predicted molar refractivity (Wildman–Crippen MR) is 201 cm³/mol. The fourth-order valence-electron chi connectivity index (χ4n) is 7.50. The first-order chi connectivity index (χ1) is 24.2. The Morgan fingerprint density at radius 2 is 1.62 bits per heavy atom. The molecule has 0 radical (unpaired) electrons. The third kappa shape index (κ3) is 6.01. The number of fused-ring (bicyclic) bond motifs is 2.